The molecule has 0 saturated carbocycles. The molecule has 0 aliphatic carbocycles. The van der Waals surface area contributed by atoms with E-state index in [2.05, 4.69) is 15.5 Å². The van der Waals surface area contributed by atoms with E-state index in [1.165, 1.54) is 0 Å². The number of amides is 1. The van der Waals surface area contributed by atoms with E-state index in [9.17, 15) is 9.59 Å². The van der Waals surface area contributed by atoms with Gasteiger partial charge in [-0.15, -0.1) is 0 Å². The Kier molecular flexibility index (Phi) is 4.70. The second-order valence-electron chi connectivity index (χ2n) is 7.39. The van der Waals surface area contributed by atoms with Gasteiger partial charge in [-0.1, -0.05) is 35.4 Å². The minimum absolute atomic E-state index is 0.103. The summed E-state index contributed by atoms with van der Waals surface area (Å²) in [6.45, 7) is 3.70. The van der Waals surface area contributed by atoms with Crippen LogP contribution in [0.4, 0.5) is 5.95 Å². The first-order valence-corrected chi connectivity index (χ1v) is 10.0. The minimum atomic E-state index is -0.275. The summed E-state index contributed by atoms with van der Waals surface area (Å²) in [5, 5.41) is 12.6. The Bertz CT molecular complexity index is 1310. The van der Waals surface area contributed by atoms with Crippen LogP contribution in [0, 0.1) is 6.92 Å². The van der Waals surface area contributed by atoms with Gasteiger partial charge in [-0.3, -0.25) is 9.59 Å². The summed E-state index contributed by atoms with van der Waals surface area (Å²) in [6, 6.07) is 16.6. The number of piperazine rings is 1. The van der Waals surface area contributed by atoms with Gasteiger partial charge >= 0.3 is 0 Å². The molecule has 1 fully saturated rings. The highest BCUT2D eigenvalue weighted by Crippen LogP contribution is 2.20. The normalized spacial score (nSPS) is 14.2. The topological polar surface area (TPSA) is 97.4 Å². The van der Waals surface area contributed by atoms with Crippen molar-refractivity contribution in [3.8, 4) is 5.69 Å². The van der Waals surface area contributed by atoms with Gasteiger partial charge in [-0.05, 0) is 41.6 Å². The number of carbonyl (C=O) groups is 1. The molecule has 4 aromatic rings. The molecule has 0 N–H and O–H groups in total. The summed E-state index contributed by atoms with van der Waals surface area (Å²) >= 11 is 0. The van der Waals surface area contributed by atoms with Crippen molar-refractivity contribution in [2.75, 3.05) is 31.1 Å². The number of hydrogen-bond acceptors (Lipinski definition) is 7. The number of fused-ring (bicyclic) bond motifs is 1. The van der Waals surface area contributed by atoms with Crippen LogP contribution in [0.3, 0.4) is 0 Å². The Labute approximate surface area is 177 Å². The quantitative estimate of drug-likeness (QED) is 0.504. The van der Waals surface area contributed by atoms with Gasteiger partial charge in [0.1, 0.15) is 5.58 Å². The molecule has 1 aliphatic heterocycles. The lowest BCUT2D eigenvalue weighted by Crippen LogP contribution is -2.49. The van der Waals surface area contributed by atoms with Gasteiger partial charge < -0.3 is 14.2 Å². The largest absolute Gasteiger partial charge is 0.450 e. The van der Waals surface area contributed by atoms with E-state index in [1.54, 1.807) is 40.8 Å². The number of aromatic nitrogens is 4. The molecule has 0 spiro atoms. The second-order valence-corrected chi connectivity index (χ2v) is 7.39. The monoisotopic (exact) mass is 416 g/mol. The molecule has 31 heavy (non-hydrogen) atoms. The summed E-state index contributed by atoms with van der Waals surface area (Å²) in [4.78, 5) is 29.5. The number of hydrogen-bond donors (Lipinski definition) is 0. The van der Waals surface area contributed by atoms with Crippen LogP contribution < -0.4 is 10.3 Å². The molecule has 9 nitrogen and oxygen atoms in total. The molecular weight excluding hydrogens is 396 g/mol. The highest BCUT2D eigenvalue weighted by molar-refractivity contribution is 5.95. The first kappa shape index (κ1) is 19.0. The van der Waals surface area contributed by atoms with Crippen molar-refractivity contribution in [1.82, 2.24) is 25.1 Å². The van der Waals surface area contributed by atoms with Crippen LogP contribution in [0.5, 0.6) is 0 Å². The van der Waals surface area contributed by atoms with Crippen molar-refractivity contribution in [3.63, 3.8) is 0 Å². The third-order valence-electron chi connectivity index (χ3n) is 5.52. The zero-order chi connectivity index (χ0) is 21.4. The fourth-order valence-corrected chi connectivity index (χ4v) is 3.81. The zero-order valence-electron chi connectivity index (χ0n) is 16.9. The molecule has 9 heteroatoms. The zero-order valence-corrected chi connectivity index (χ0v) is 16.9. The second kappa shape index (κ2) is 7.67. The molecule has 2 aromatic heterocycles. The maximum absolute atomic E-state index is 13.1. The number of benzene rings is 2. The SMILES string of the molecule is Cc1c(C(=O)N2CCN(c3nnnn3-c3ccccc3)CC2)oc2ccccc2c1=O. The maximum Gasteiger partial charge on any atom is 0.290 e. The van der Waals surface area contributed by atoms with Crippen molar-refractivity contribution in [2.45, 2.75) is 6.92 Å². The highest BCUT2D eigenvalue weighted by atomic mass is 16.3. The molecule has 0 atom stereocenters. The van der Waals surface area contributed by atoms with E-state index in [0.717, 1.165) is 5.69 Å². The summed E-state index contributed by atoms with van der Waals surface area (Å²) in [7, 11) is 0. The van der Waals surface area contributed by atoms with E-state index in [1.807, 2.05) is 35.2 Å². The number of anilines is 1. The molecule has 0 unspecified atom stereocenters. The lowest BCUT2D eigenvalue weighted by molar-refractivity contribution is 0.0713. The van der Waals surface area contributed by atoms with Crippen LogP contribution in [-0.2, 0) is 0 Å². The fraction of sp³-hybridized carbons (Fsp3) is 0.227. The summed E-state index contributed by atoms with van der Waals surface area (Å²) in [6.07, 6.45) is 0. The Morgan fingerprint density at radius 1 is 0.968 bits per heavy atom. The first-order valence-electron chi connectivity index (χ1n) is 10.0. The van der Waals surface area contributed by atoms with E-state index < -0.39 is 0 Å². The van der Waals surface area contributed by atoms with Crippen LogP contribution in [0.2, 0.25) is 0 Å². The number of para-hydroxylation sites is 2. The van der Waals surface area contributed by atoms with Crippen LogP contribution in [0.15, 0.2) is 63.8 Å². The predicted molar refractivity (Wildman–Crippen MR) is 114 cm³/mol. The lowest BCUT2D eigenvalue weighted by atomic mass is 10.1. The van der Waals surface area contributed by atoms with Gasteiger partial charge in [-0.25, -0.2) is 0 Å². The molecular formula is C22H20N6O3. The Hall–Kier alpha value is -4.01. The maximum atomic E-state index is 13.1. The fourth-order valence-electron chi connectivity index (χ4n) is 3.81. The van der Waals surface area contributed by atoms with Gasteiger partial charge in [0, 0.05) is 31.7 Å². The van der Waals surface area contributed by atoms with Gasteiger partial charge in [0.15, 0.2) is 11.2 Å². The molecule has 1 aliphatic rings. The average molecular weight is 416 g/mol. The van der Waals surface area contributed by atoms with Crippen molar-refractivity contribution in [3.05, 3.63) is 76.1 Å². The number of rotatable bonds is 3. The van der Waals surface area contributed by atoms with E-state index >= 15 is 0 Å². The number of nitrogens with zero attached hydrogens (tertiary/aromatic N) is 6. The summed E-state index contributed by atoms with van der Waals surface area (Å²) in [5.74, 6) is 0.459. The molecule has 1 amide bonds. The minimum Gasteiger partial charge on any atom is -0.450 e. The van der Waals surface area contributed by atoms with Crippen LogP contribution in [0.25, 0.3) is 16.7 Å². The van der Waals surface area contributed by atoms with Gasteiger partial charge in [0.2, 0.25) is 5.95 Å². The molecule has 1 saturated heterocycles. The van der Waals surface area contributed by atoms with Crippen molar-refractivity contribution in [1.29, 1.82) is 0 Å². The van der Waals surface area contributed by atoms with E-state index in [4.69, 9.17) is 4.42 Å². The standard InChI is InChI=1S/C22H20N6O3/c1-15-19(29)17-9-5-6-10-18(17)31-20(15)21(30)26-11-13-27(14-12-26)22-23-24-25-28(22)16-7-3-2-4-8-16/h2-10H,11-14H2,1H3. The Morgan fingerprint density at radius 2 is 1.68 bits per heavy atom. The molecule has 3 heterocycles. The molecule has 0 radical (unpaired) electrons. The highest BCUT2D eigenvalue weighted by Gasteiger charge is 2.28. The summed E-state index contributed by atoms with van der Waals surface area (Å²) in [5.41, 5.74) is 1.45. The Balaban J connectivity index is 1.36. The third-order valence-corrected chi connectivity index (χ3v) is 5.52. The molecule has 0 bridgehead atoms. The van der Waals surface area contributed by atoms with Crippen molar-refractivity contribution >= 4 is 22.8 Å². The lowest BCUT2D eigenvalue weighted by Gasteiger charge is -2.34. The van der Waals surface area contributed by atoms with Crippen LogP contribution >= 0.6 is 0 Å². The molecule has 156 valence electrons. The Morgan fingerprint density at radius 3 is 2.45 bits per heavy atom. The van der Waals surface area contributed by atoms with E-state index in [0.29, 0.717) is 48.7 Å². The smallest absolute Gasteiger partial charge is 0.290 e. The van der Waals surface area contributed by atoms with Gasteiger partial charge in [0.25, 0.3) is 5.91 Å². The van der Waals surface area contributed by atoms with Crippen molar-refractivity contribution in [2.24, 2.45) is 0 Å². The van der Waals surface area contributed by atoms with Crippen LogP contribution in [0.1, 0.15) is 16.1 Å². The van der Waals surface area contributed by atoms with Gasteiger partial charge in [0.05, 0.1) is 11.1 Å². The molecule has 5 rings (SSSR count). The number of carbonyl (C=O) groups excluding carboxylic acids is 1. The van der Waals surface area contributed by atoms with Crippen molar-refractivity contribution < 1.29 is 9.21 Å². The first-order chi connectivity index (χ1) is 15.1. The van der Waals surface area contributed by atoms with E-state index in [-0.39, 0.29) is 17.1 Å². The van der Waals surface area contributed by atoms with Gasteiger partial charge in [-0.2, -0.15) is 4.68 Å². The third kappa shape index (κ3) is 3.33. The molecule has 2 aromatic carbocycles. The summed E-state index contributed by atoms with van der Waals surface area (Å²) < 4.78 is 7.51. The predicted octanol–water partition coefficient (Wildman–Crippen LogP) is 2.04. The number of tetrazole rings is 1. The van der Waals surface area contributed by atoms with Crippen LogP contribution in [-0.4, -0.2) is 57.2 Å². The average Bonchev–Trinajstić information content (AvgIpc) is 3.32.